The number of hydrogen-bond donors (Lipinski definition) is 1. The molecule has 3 aliphatic rings. The van der Waals surface area contributed by atoms with Gasteiger partial charge in [0.1, 0.15) is 23.9 Å². The van der Waals surface area contributed by atoms with Gasteiger partial charge in [0.05, 0.1) is 12.0 Å². The topological polar surface area (TPSA) is 95.2 Å². The largest absolute Gasteiger partial charge is 0.467 e. The fourth-order valence-corrected chi connectivity index (χ4v) is 5.26. The van der Waals surface area contributed by atoms with Gasteiger partial charge in [-0.15, -0.1) is 0 Å². The van der Waals surface area contributed by atoms with Crippen LogP contribution in [0.3, 0.4) is 0 Å². The monoisotopic (exact) mass is 482 g/mol. The molecule has 2 aromatic rings. The lowest BCUT2D eigenvalue weighted by atomic mass is 9.84. The van der Waals surface area contributed by atoms with Crippen LogP contribution >= 0.6 is 11.6 Å². The van der Waals surface area contributed by atoms with Gasteiger partial charge in [-0.2, -0.15) is 5.10 Å². The minimum atomic E-state index is -0.888. The maximum Gasteiger partial charge on any atom is 0.325 e. The molecule has 1 saturated heterocycles. The molecule has 1 aromatic carbocycles. The molecule has 1 spiro atoms. The van der Waals surface area contributed by atoms with Gasteiger partial charge < -0.3 is 9.73 Å². The van der Waals surface area contributed by atoms with Gasteiger partial charge in [0.15, 0.2) is 0 Å². The lowest BCUT2D eigenvalue weighted by Crippen LogP contribution is -2.48. The molecule has 1 N–H and O–H groups in total. The fraction of sp³-hybridized carbons (Fsp3) is 0.440. The van der Waals surface area contributed by atoms with Crippen LogP contribution in [0, 0.1) is 0 Å². The van der Waals surface area contributed by atoms with E-state index in [1.54, 1.807) is 30.5 Å². The molecule has 8 nitrogen and oxygen atoms in total. The van der Waals surface area contributed by atoms with Crippen molar-refractivity contribution in [3.63, 3.8) is 0 Å². The average molecular weight is 483 g/mol. The highest BCUT2D eigenvalue weighted by molar-refractivity contribution is 6.30. The van der Waals surface area contributed by atoms with Gasteiger partial charge in [0, 0.05) is 11.4 Å². The second-order valence-corrected chi connectivity index (χ2v) is 9.63. The third kappa shape index (κ3) is 4.22. The molecule has 9 heteroatoms. The van der Waals surface area contributed by atoms with Crippen LogP contribution < -0.4 is 5.32 Å². The predicted octanol–water partition coefficient (Wildman–Crippen LogP) is 4.65. The van der Waals surface area contributed by atoms with E-state index in [4.69, 9.17) is 16.0 Å². The van der Waals surface area contributed by atoms with E-state index in [0.717, 1.165) is 42.6 Å². The highest BCUT2D eigenvalue weighted by atomic mass is 35.5. The minimum Gasteiger partial charge on any atom is -0.467 e. The molecule has 0 radical (unpaired) electrons. The normalized spacial score (nSPS) is 22.5. The van der Waals surface area contributed by atoms with Crippen LogP contribution in [0.5, 0.6) is 0 Å². The number of carbonyl (C=O) groups excluding carboxylic acids is 3. The molecular weight excluding hydrogens is 456 g/mol. The maximum absolute atomic E-state index is 13.4. The standard InChI is InChI=1S/C25H27ClN4O4/c26-18-10-8-17(9-11-18)19-15-20(21-7-6-14-34-21)30(28-19)22(31)16-29-23(32)25(27-24(29)33)12-4-2-1-3-5-13-25/h6-11,14,20H,1-5,12-13,15-16H2,(H,27,33)/t20-/m0/s1. The van der Waals surface area contributed by atoms with Gasteiger partial charge in [-0.05, 0) is 42.7 Å². The van der Waals surface area contributed by atoms with Gasteiger partial charge >= 0.3 is 6.03 Å². The Bertz CT molecular complexity index is 1100. The van der Waals surface area contributed by atoms with Gasteiger partial charge in [-0.25, -0.2) is 9.80 Å². The predicted molar refractivity (Wildman–Crippen MR) is 126 cm³/mol. The number of imide groups is 1. The van der Waals surface area contributed by atoms with E-state index in [1.807, 2.05) is 12.1 Å². The first-order chi connectivity index (χ1) is 16.5. The number of halogens is 1. The van der Waals surface area contributed by atoms with Crippen LogP contribution in [0.4, 0.5) is 4.79 Å². The first kappa shape index (κ1) is 22.7. The van der Waals surface area contributed by atoms with Crippen LogP contribution in [-0.2, 0) is 9.59 Å². The van der Waals surface area contributed by atoms with Crippen molar-refractivity contribution in [2.75, 3.05) is 6.54 Å². The summed E-state index contributed by atoms with van der Waals surface area (Å²) in [4.78, 5) is 40.6. The molecule has 0 bridgehead atoms. The number of carbonyl (C=O) groups is 3. The van der Waals surface area contributed by atoms with Gasteiger partial charge in [0.2, 0.25) is 0 Å². The average Bonchev–Trinajstić information content (AvgIpc) is 3.53. The molecule has 1 aromatic heterocycles. The molecule has 3 heterocycles. The number of benzene rings is 1. The number of furan rings is 1. The Morgan fingerprint density at radius 2 is 1.79 bits per heavy atom. The second kappa shape index (κ2) is 9.25. The lowest BCUT2D eigenvalue weighted by Gasteiger charge is -2.28. The van der Waals surface area contributed by atoms with Crippen LogP contribution in [0.25, 0.3) is 0 Å². The Morgan fingerprint density at radius 1 is 1.09 bits per heavy atom. The number of amides is 4. The van der Waals surface area contributed by atoms with Crippen molar-refractivity contribution in [1.82, 2.24) is 15.2 Å². The molecule has 2 fully saturated rings. The Balaban J connectivity index is 1.37. The third-order valence-corrected chi connectivity index (χ3v) is 7.21. The fourth-order valence-electron chi connectivity index (χ4n) is 5.13. The van der Waals surface area contributed by atoms with E-state index in [9.17, 15) is 14.4 Å². The van der Waals surface area contributed by atoms with E-state index >= 15 is 0 Å². The summed E-state index contributed by atoms with van der Waals surface area (Å²) in [7, 11) is 0. The Hall–Kier alpha value is -3.13. The van der Waals surface area contributed by atoms with Crippen LogP contribution in [0.1, 0.15) is 68.7 Å². The van der Waals surface area contributed by atoms with Crippen molar-refractivity contribution in [2.24, 2.45) is 5.10 Å². The van der Waals surface area contributed by atoms with Gasteiger partial charge in [-0.3, -0.25) is 14.5 Å². The first-order valence-corrected chi connectivity index (χ1v) is 12.2. The van der Waals surface area contributed by atoms with E-state index in [2.05, 4.69) is 10.4 Å². The molecule has 1 atom stereocenters. The number of urea groups is 1. The van der Waals surface area contributed by atoms with E-state index in [0.29, 0.717) is 35.8 Å². The number of nitrogens with zero attached hydrogens (tertiary/aromatic N) is 3. The van der Waals surface area contributed by atoms with Gasteiger partial charge in [0.25, 0.3) is 11.8 Å². The number of hydrazone groups is 1. The van der Waals surface area contributed by atoms with Crippen LogP contribution in [-0.4, -0.2) is 45.5 Å². The van der Waals surface area contributed by atoms with E-state index in [-0.39, 0.29) is 12.5 Å². The molecule has 4 amide bonds. The molecule has 1 aliphatic carbocycles. The Morgan fingerprint density at radius 3 is 2.47 bits per heavy atom. The molecule has 34 heavy (non-hydrogen) atoms. The minimum absolute atomic E-state index is 0.302. The summed E-state index contributed by atoms with van der Waals surface area (Å²) in [6.07, 6.45) is 8.23. The lowest BCUT2D eigenvalue weighted by molar-refractivity contribution is -0.140. The van der Waals surface area contributed by atoms with Crippen LogP contribution in [0.15, 0.2) is 52.2 Å². The zero-order valence-electron chi connectivity index (χ0n) is 18.8. The quantitative estimate of drug-likeness (QED) is 0.642. The van der Waals surface area contributed by atoms with Crippen molar-refractivity contribution in [3.8, 4) is 0 Å². The SMILES string of the molecule is O=C1NC2(CCCCCCC2)C(=O)N1CC(=O)N1N=C(c2ccc(Cl)cc2)C[C@H]1c1ccco1. The summed E-state index contributed by atoms with van der Waals surface area (Å²) in [5.74, 6) is -0.144. The van der Waals surface area contributed by atoms with Crippen molar-refractivity contribution < 1.29 is 18.8 Å². The highest BCUT2D eigenvalue weighted by Crippen LogP contribution is 2.35. The molecular formula is C25H27ClN4O4. The highest BCUT2D eigenvalue weighted by Gasteiger charge is 2.51. The molecule has 5 rings (SSSR count). The number of hydrogen-bond acceptors (Lipinski definition) is 5. The molecule has 178 valence electrons. The summed E-state index contributed by atoms with van der Waals surface area (Å²) >= 11 is 6.02. The summed E-state index contributed by atoms with van der Waals surface area (Å²) in [6, 6.07) is 9.84. The zero-order chi connectivity index (χ0) is 23.7. The third-order valence-electron chi connectivity index (χ3n) is 6.96. The second-order valence-electron chi connectivity index (χ2n) is 9.20. The van der Waals surface area contributed by atoms with Crippen molar-refractivity contribution in [2.45, 2.75) is 62.9 Å². The first-order valence-electron chi connectivity index (χ1n) is 11.8. The molecule has 2 aliphatic heterocycles. The van der Waals surface area contributed by atoms with Crippen molar-refractivity contribution in [1.29, 1.82) is 0 Å². The zero-order valence-corrected chi connectivity index (χ0v) is 19.6. The smallest absolute Gasteiger partial charge is 0.325 e. The molecule has 1 saturated carbocycles. The van der Waals surface area contributed by atoms with Gasteiger partial charge in [-0.1, -0.05) is 55.8 Å². The Labute approximate surface area is 202 Å². The van der Waals surface area contributed by atoms with E-state index in [1.165, 1.54) is 5.01 Å². The summed E-state index contributed by atoms with van der Waals surface area (Å²) in [6.45, 7) is -0.360. The summed E-state index contributed by atoms with van der Waals surface area (Å²) in [5.41, 5.74) is 0.667. The van der Waals surface area contributed by atoms with Crippen LogP contribution in [0.2, 0.25) is 5.02 Å². The molecule has 0 unspecified atom stereocenters. The van der Waals surface area contributed by atoms with E-state index < -0.39 is 23.5 Å². The number of nitrogens with one attached hydrogen (secondary N) is 1. The summed E-state index contributed by atoms with van der Waals surface area (Å²) in [5, 5.41) is 9.44. The summed E-state index contributed by atoms with van der Waals surface area (Å²) < 4.78 is 5.58. The van der Waals surface area contributed by atoms with Crippen molar-refractivity contribution in [3.05, 3.63) is 59.0 Å². The number of rotatable bonds is 4. The Kier molecular flexibility index (Phi) is 6.16. The maximum atomic E-state index is 13.4. The van der Waals surface area contributed by atoms with Crippen molar-refractivity contribution >= 4 is 35.2 Å².